The Morgan fingerprint density at radius 3 is 1.45 bits per heavy atom. The number of carbonyl (C=O) groups excluding carboxylic acids is 1. The SMILES string of the molecule is CCC(=O)OCCCCCCCCCOc1ccc(N=Nc2ccc(N=Nc3ccc(C)cc3)cc2)cc1. The zero-order chi connectivity index (χ0) is 26.8. The van der Waals surface area contributed by atoms with Gasteiger partial charge in [0.05, 0.1) is 36.0 Å². The van der Waals surface area contributed by atoms with Crippen LogP contribution in [0.3, 0.4) is 0 Å². The number of benzene rings is 3. The van der Waals surface area contributed by atoms with Crippen LogP contribution in [0.1, 0.15) is 63.9 Å². The van der Waals surface area contributed by atoms with Crippen molar-refractivity contribution >= 4 is 28.7 Å². The second-order valence-corrected chi connectivity index (χ2v) is 9.14. The summed E-state index contributed by atoms with van der Waals surface area (Å²) in [5, 5.41) is 17.1. The van der Waals surface area contributed by atoms with Crippen molar-refractivity contribution in [1.29, 1.82) is 0 Å². The molecule has 3 rings (SSSR count). The molecule has 7 heteroatoms. The smallest absolute Gasteiger partial charge is 0.305 e. The molecule has 0 amide bonds. The number of esters is 1. The van der Waals surface area contributed by atoms with E-state index in [0.29, 0.717) is 19.6 Å². The van der Waals surface area contributed by atoms with E-state index in [0.717, 1.165) is 54.2 Å². The Bertz CT molecular complexity index is 1140. The number of rotatable bonds is 16. The van der Waals surface area contributed by atoms with E-state index < -0.39 is 0 Å². The van der Waals surface area contributed by atoms with E-state index in [1.54, 1.807) is 0 Å². The van der Waals surface area contributed by atoms with Gasteiger partial charge in [-0.25, -0.2) is 0 Å². The van der Waals surface area contributed by atoms with E-state index in [1.165, 1.54) is 24.8 Å². The molecular formula is C31H38N4O3. The van der Waals surface area contributed by atoms with E-state index in [-0.39, 0.29) is 5.97 Å². The van der Waals surface area contributed by atoms with Crippen LogP contribution >= 0.6 is 0 Å². The number of aryl methyl sites for hydroxylation is 1. The fourth-order valence-electron chi connectivity index (χ4n) is 3.60. The Morgan fingerprint density at radius 1 is 0.579 bits per heavy atom. The zero-order valence-electron chi connectivity index (χ0n) is 22.5. The molecule has 0 fully saturated rings. The maximum absolute atomic E-state index is 11.1. The van der Waals surface area contributed by atoms with E-state index in [2.05, 4.69) is 20.5 Å². The normalized spacial score (nSPS) is 11.3. The summed E-state index contributed by atoms with van der Waals surface area (Å²) in [5.74, 6) is 0.734. The van der Waals surface area contributed by atoms with Gasteiger partial charge < -0.3 is 9.47 Å². The second kappa shape index (κ2) is 16.8. The van der Waals surface area contributed by atoms with Crippen LogP contribution < -0.4 is 4.74 Å². The third-order valence-corrected chi connectivity index (χ3v) is 5.89. The van der Waals surface area contributed by atoms with E-state index >= 15 is 0 Å². The van der Waals surface area contributed by atoms with Crippen LogP contribution in [-0.2, 0) is 9.53 Å². The molecule has 0 spiro atoms. The molecule has 0 bridgehead atoms. The maximum atomic E-state index is 11.1. The summed E-state index contributed by atoms with van der Waals surface area (Å²) in [4.78, 5) is 11.1. The molecule has 0 atom stereocenters. The standard InChI is InChI=1S/C31H38N4O3/c1-3-31(36)38-24-10-8-6-4-5-7-9-23-37-30-21-19-29(20-22-30)35-34-28-17-15-27(16-18-28)33-32-26-13-11-25(2)12-14-26/h11-22H,3-10,23-24H2,1-2H3. The number of hydrogen-bond donors (Lipinski definition) is 0. The first-order valence-corrected chi connectivity index (χ1v) is 13.5. The van der Waals surface area contributed by atoms with Gasteiger partial charge in [-0.2, -0.15) is 20.5 Å². The minimum Gasteiger partial charge on any atom is -0.494 e. The van der Waals surface area contributed by atoms with Crippen molar-refractivity contribution in [2.45, 2.75) is 65.2 Å². The lowest BCUT2D eigenvalue weighted by Crippen LogP contribution is -2.03. The Labute approximate surface area is 226 Å². The summed E-state index contributed by atoms with van der Waals surface area (Å²) in [7, 11) is 0. The number of nitrogens with zero attached hydrogens (tertiary/aromatic N) is 4. The number of hydrogen-bond acceptors (Lipinski definition) is 7. The van der Waals surface area contributed by atoms with Crippen LogP contribution in [0, 0.1) is 6.92 Å². The van der Waals surface area contributed by atoms with Crippen molar-refractivity contribution in [1.82, 2.24) is 0 Å². The lowest BCUT2D eigenvalue weighted by molar-refractivity contribution is -0.143. The van der Waals surface area contributed by atoms with E-state index in [4.69, 9.17) is 9.47 Å². The fraction of sp³-hybridized carbons (Fsp3) is 0.387. The average Bonchev–Trinajstić information content (AvgIpc) is 2.95. The van der Waals surface area contributed by atoms with Crippen molar-refractivity contribution in [3.8, 4) is 5.75 Å². The molecule has 0 saturated carbocycles. The van der Waals surface area contributed by atoms with Crippen LogP contribution in [0.15, 0.2) is 93.3 Å². The van der Waals surface area contributed by atoms with Gasteiger partial charge in [-0.1, -0.05) is 56.7 Å². The third-order valence-electron chi connectivity index (χ3n) is 5.89. The molecule has 38 heavy (non-hydrogen) atoms. The summed E-state index contributed by atoms with van der Waals surface area (Å²) in [6, 6.07) is 23.1. The fourth-order valence-corrected chi connectivity index (χ4v) is 3.60. The first-order chi connectivity index (χ1) is 18.6. The minimum absolute atomic E-state index is 0.107. The topological polar surface area (TPSA) is 85.0 Å². The van der Waals surface area contributed by atoms with Gasteiger partial charge in [0.15, 0.2) is 0 Å². The van der Waals surface area contributed by atoms with Gasteiger partial charge in [-0.05, 0) is 80.4 Å². The Morgan fingerprint density at radius 2 is 0.974 bits per heavy atom. The van der Waals surface area contributed by atoms with Crippen molar-refractivity contribution in [3.63, 3.8) is 0 Å². The highest BCUT2D eigenvalue weighted by molar-refractivity contribution is 5.68. The largest absolute Gasteiger partial charge is 0.494 e. The molecule has 0 heterocycles. The lowest BCUT2D eigenvalue weighted by atomic mass is 10.1. The summed E-state index contributed by atoms with van der Waals surface area (Å²) in [6.45, 7) is 5.12. The summed E-state index contributed by atoms with van der Waals surface area (Å²) < 4.78 is 10.9. The predicted molar refractivity (Wildman–Crippen MR) is 151 cm³/mol. The van der Waals surface area contributed by atoms with Crippen molar-refractivity contribution in [2.75, 3.05) is 13.2 Å². The molecule has 3 aromatic carbocycles. The lowest BCUT2D eigenvalue weighted by Gasteiger charge is -2.06. The van der Waals surface area contributed by atoms with Crippen LogP contribution in [0.5, 0.6) is 5.75 Å². The van der Waals surface area contributed by atoms with Crippen molar-refractivity contribution in [3.05, 3.63) is 78.4 Å². The predicted octanol–water partition coefficient (Wildman–Crippen LogP) is 9.89. The Hall–Kier alpha value is -3.87. The van der Waals surface area contributed by atoms with Gasteiger partial charge >= 0.3 is 5.97 Å². The molecule has 0 aliphatic heterocycles. The van der Waals surface area contributed by atoms with Gasteiger partial charge in [0.2, 0.25) is 0 Å². The Kier molecular flexibility index (Phi) is 12.7. The number of ether oxygens (including phenoxy) is 2. The monoisotopic (exact) mass is 514 g/mol. The highest BCUT2D eigenvalue weighted by Crippen LogP contribution is 2.24. The minimum atomic E-state index is -0.107. The number of azo groups is 2. The van der Waals surface area contributed by atoms with Gasteiger partial charge in [0.1, 0.15) is 5.75 Å². The highest BCUT2D eigenvalue weighted by atomic mass is 16.5. The van der Waals surface area contributed by atoms with Crippen LogP contribution in [-0.4, -0.2) is 19.2 Å². The molecule has 3 aromatic rings. The first-order valence-electron chi connectivity index (χ1n) is 13.5. The molecular weight excluding hydrogens is 476 g/mol. The van der Waals surface area contributed by atoms with Crippen LogP contribution in [0.25, 0.3) is 0 Å². The van der Waals surface area contributed by atoms with Gasteiger partial charge in [-0.3, -0.25) is 4.79 Å². The molecule has 0 radical (unpaired) electrons. The molecule has 0 N–H and O–H groups in total. The van der Waals surface area contributed by atoms with E-state index in [1.807, 2.05) is 86.6 Å². The summed E-state index contributed by atoms with van der Waals surface area (Å²) in [6.07, 6.45) is 8.32. The molecule has 200 valence electrons. The molecule has 0 unspecified atom stereocenters. The third kappa shape index (κ3) is 11.5. The molecule has 0 aromatic heterocycles. The van der Waals surface area contributed by atoms with Crippen LogP contribution in [0.2, 0.25) is 0 Å². The molecule has 0 aliphatic rings. The Balaban J connectivity index is 1.28. The number of unbranched alkanes of at least 4 members (excludes halogenated alkanes) is 6. The number of carbonyl (C=O) groups is 1. The van der Waals surface area contributed by atoms with Gasteiger partial charge in [0.25, 0.3) is 0 Å². The molecule has 7 nitrogen and oxygen atoms in total. The zero-order valence-corrected chi connectivity index (χ0v) is 22.5. The second-order valence-electron chi connectivity index (χ2n) is 9.14. The van der Waals surface area contributed by atoms with Crippen molar-refractivity contribution in [2.24, 2.45) is 20.5 Å². The van der Waals surface area contributed by atoms with Crippen molar-refractivity contribution < 1.29 is 14.3 Å². The molecule has 0 saturated heterocycles. The summed E-state index contributed by atoms with van der Waals surface area (Å²) >= 11 is 0. The van der Waals surface area contributed by atoms with E-state index in [9.17, 15) is 4.79 Å². The quantitative estimate of drug-likeness (QED) is 0.108. The van der Waals surface area contributed by atoms with Gasteiger partial charge in [-0.15, -0.1) is 0 Å². The highest BCUT2D eigenvalue weighted by Gasteiger charge is 1.99. The summed E-state index contributed by atoms with van der Waals surface area (Å²) in [5.41, 5.74) is 4.30. The first kappa shape index (κ1) is 28.7. The van der Waals surface area contributed by atoms with Gasteiger partial charge in [0, 0.05) is 6.42 Å². The maximum Gasteiger partial charge on any atom is 0.305 e. The average molecular weight is 515 g/mol. The van der Waals surface area contributed by atoms with Crippen LogP contribution in [0.4, 0.5) is 22.7 Å². The molecule has 0 aliphatic carbocycles.